The highest BCUT2D eigenvalue weighted by Crippen LogP contribution is 2.12. The number of nitrogens with zero attached hydrogens (tertiary/aromatic N) is 2. The molecule has 0 bridgehead atoms. The topological polar surface area (TPSA) is 78.7 Å². The Morgan fingerprint density at radius 3 is 2.28 bits per heavy atom. The lowest BCUT2D eigenvalue weighted by Gasteiger charge is -2.38. The zero-order valence-corrected chi connectivity index (χ0v) is 12.2. The normalized spacial score (nSPS) is 21.1. The summed E-state index contributed by atoms with van der Waals surface area (Å²) >= 11 is 0. The molecule has 0 radical (unpaired) electrons. The molecule has 0 aromatic heterocycles. The molecule has 1 aliphatic rings. The maximum atomic E-state index is 11.8. The van der Waals surface area contributed by atoms with Crippen molar-refractivity contribution in [2.24, 2.45) is 5.73 Å². The summed E-state index contributed by atoms with van der Waals surface area (Å²) in [7, 11) is -3.28. The van der Waals surface area contributed by atoms with E-state index < -0.39 is 10.2 Å². The first kappa shape index (κ1) is 15.8. The van der Waals surface area contributed by atoms with Gasteiger partial charge in [0.1, 0.15) is 0 Å². The van der Waals surface area contributed by atoms with Gasteiger partial charge in [-0.1, -0.05) is 20.3 Å². The van der Waals surface area contributed by atoms with Crippen molar-refractivity contribution in [3.8, 4) is 0 Å². The number of piperazine rings is 1. The molecule has 0 spiro atoms. The van der Waals surface area contributed by atoms with Crippen LogP contribution in [0.5, 0.6) is 0 Å². The van der Waals surface area contributed by atoms with E-state index in [4.69, 9.17) is 5.73 Å². The molecule has 1 saturated heterocycles. The van der Waals surface area contributed by atoms with Crippen LogP contribution in [0.25, 0.3) is 0 Å². The third-order valence-electron chi connectivity index (χ3n) is 3.35. The Morgan fingerprint density at radius 2 is 1.83 bits per heavy atom. The van der Waals surface area contributed by atoms with Crippen LogP contribution < -0.4 is 10.5 Å². The summed E-state index contributed by atoms with van der Waals surface area (Å²) in [6, 6.07) is 0.388. The highest BCUT2D eigenvalue weighted by Gasteiger charge is 2.28. The Hall–Kier alpha value is -0.210. The number of nitrogens with one attached hydrogen (secondary N) is 1. The van der Waals surface area contributed by atoms with Crippen molar-refractivity contribution in [1.82, 2.24) is 13.9 Å². The zero-order chi connectivity index (χ0) is 13.6. The second kappa shape index (κ2) is 7.40. The van der Waals surface area contributed by atoms with Gasteiger partial charge in [0, 0.05) is 45.3 Å². The largest absolute Gasteiger partial charge is 0.329 e. The summed E-state index contributed by atoms with van der Waals surface area (Å²) in [4.78, 5) is 2.31. The molecule has 1 atom stereocenters. The molecule has 3 N–H and O–H groups in total. The minimum absolute atomic E-state index is 0.388. The Balaban J connectivity index is 2.50. The fourth-order valence-corrected chi connectivity index (χ4v) is 3.56. The smallest absolute Gasteiger partial charge is 0.279 e. The van der Waals surface area contributed by atoms with E-state index in [-0.39, 0.29) is 0 Å². The van der Waals surface area contributed by atoms with E-state index in [1.165, 1.54) is 4.31 Å². The monoisotopic (exact) mass is 278 g/mol. The molecule has 0 amide bonds. The average molecular weight is 278 g/mol. The first-order chi connectivity index (χ1) is 8.55. The van der Waals surface area contributed by atoms with Gasteiger partial charge in [0.05, 0.1) is 0 Å². The highest BCUT2D eigenvalue weighted by atomic mass is 32.2. The van der Waals surface area contributed by atoms with E-state index in [1.807, 2.05) is 0 Å². The fourth-order valence-electron chi connectivity index (χ4n) is 2.37. The van der Waals surface area contributed by atoms with Gasteiger partial charge in [-0.25, -0.2) is 4.72 Å². The molecule has 6 nitrogen and oxygen atoms in total. The highest BCUT2D eigenvalue weighted by molar-refractivity contribution is 7.87. The van der Waals surface area contributed by atoms with Gasteiger partial charge < -0.3 is 5.73 Å². The van der Waals surface area contributed by atoms with Crippen LogP contribution >= 0.6 is 0 Å². The van der Waals surface area contributed by atoms with Crippen molar-refractivity contribution in [2.75, 3.05) is 39.3 Å². The second-order valence-electron chi connectivity index (χ2n) is 4.62. The Labute approximate surface area is 111 Å². The molecule has 18 heavy (non-hydrogen) atoms. The van der Waals surface area contributed by atoms with Gasteiger partial charge in [0.25, 0.3) is 10.2 Å². The quantitative estimate of drug-likeness (QED) is 0.663. The van der Waals surface area contributed by atoms with Crippen LogP contribution in [0.15, 0.2) is 0 Å². The van der Waals surface area contributed by atoms with Crippen LogP contribution in [0.1, 0.15) is 26.7 Å². The minimum Gasteiger partial charge on any atom is -0.329 e. The number of hydrogen-bond acceptors (Lipinski definition) is 4. The first-order valence-corrected chi connectivity index (χ1v) is 8.18. The number of rotatable bonds is 7. The molecule has 0 saturated carbocycles. The lowest BCUT2D eigenvalue weighted by atomic mass is 10.1. The van der Waals surface area contributed by atoms with Crippen LogP contribution in [0.4, 0.5) is 0 Å². The van der Waals surface area contributed by atoms with Crippen LogP contribution in [-0.4, -0.2) is 62.9 Å². The summed E-state index contributed by atoms with van der Waals surface area (Å²) in [5.74, 6) is 0. The van der Waals surface area contributed by atoms with Gasteiger partial charge in [-0.3, -0.25) is 4.90 Å². The number of nitrogens with two attached hydrogens (primary N) is 1. The molecule has 1 fully saturated rings. The van der Waals surface area contributed by atoms with E-state index in [9.17, 15) is 8.42 Å². The summed E-state index contributed by atoms with van der Waals surface area (Å²) in [6.45, 7) is 7.66. The molecule has 1 heterocycles. The summed E-state index contributed by atoms with van der Waals surface area (Å²) in [5, 5.41) is 0. The lowest BCUT2D eigenvalue weighted by molar-refractivity contribution is 0.133. The molecular weight excluding hydrogens is 252 g/mol. The predicted octanol–water partition coefficient (Wildman–Crippen LogP) is -0.414. The van der Waals surface area contributed by atoms with Crippen molar-refractivity contribution < 1.29 is 8.42 Å². The maximum Gasteiger partial charge on any atom is 0.279 e. The molecule has 7 heteroatoms. The van der Waals surface area contributed by atoms with E-state index in [1.54, 1.807) is 6.92 Å². The molecule has 1 aliphatic heterocycles. The fraction of sp³-hybridized carbons (Fsp3) is 1.00. The van der Waals surface area contributed by atoms with Crippen LogP contribution in [0.2, 0.25) is 0 Å². The molecule has 1 rings (SSSR count). The maximum absolute atomic E-state index is 11.8. The third-order valence-corrected chi connectivity index (χ3v) is 5.05. The van der Waals surface area contributed by atoms with Gasteiger partial charge in [0.15, 0.2) is 0 Å². The lowest BCUT2D eigenvalue weighted by Crippen LogP contribution is -2.55. The third kappa shape index (κ3) is 4.17. The van der Waals surface area contributed by atoms with Crippen molar-refractivity contribution >= 4 is 10.2 Å². The van der Waals surface area contributed by atoms with E-state index in [0.717, 1.165) is 25.9 Å². The summed E-state index contributed by atoms with van der Waals surface area (Å²) < 4.78 is 27.7. The molecule has 0 aromatic carbocycles. The van der Waals surface area contributed by atoms with E-state index in [2.05, 4.69) is 16.5 Å². The minimum atomic E-state index is -3.28. The van der Waals surface area contributed by atoms with Gasteiger partial charge in [-0.15, -0.1) is 0 Å². The van der Waals surface area contributed by atoms with Gasteiger partial charge in [-0.2, -0.15) is 12.7 Å². The molecule has 1 unspecified atom stereocenters. The van der Waals surface area contributed by atoms with Gasteiger partial charge in [-0.05, 0) is 6.42 Å². The predicted molar refractivity (Wildman–Crippen MR) is 73.5 cm³/mol. The Morgan fingerprint density at radius 1 is 1.22 bits per heavy atom. The van der Waals surface area contributed by atoms with Crippen molar-refractivity contribution in [3.05, 3.63) is 0 Å². The number of hydrogen-bond donors (Lipinski definition) is 2. The van der Waals surface area contributed by atoms with Crippen molar-refractivity contribution in [2.45, 2.75) is 32.7 Å². The second-order valence-corrected chi connectivity index (χ2v) is 6.37. The molecular formula is C11H26N4O2S. The van der Waals surface area contributed by atoms with Gasteiger partial charge >= 0.3 is 0 Å². The molecule has 108 valence electrons. The Kier molecular flexibility index (Phi) is 6.51. The first-order valence-electron chi connectivity index (χ1n) is 6.74. The average Bonchev–Trinajstić information content (AvgIpc) is 2.36. The van der Waals surface area contributed by atoms with E-state index in [0.29, 0.717) is 32.2 Å². The van der Waals surface area contributed by atoms with E-state index >= 15 is 0 Å². The van der Waals surface area contributed by atoms with Crippen LogP contribution in [0.3, 0.4) is 0 Å². The standard InChI is InChI=1S/C11H26N4O2S/c1-3-5-11(10-12)14-6-8-15(9-7-14)18(16,17)13-4-2/h11,13H,3-10,12H2,1-2H3. The molecule has 0 aliphatic carbocycles. The summed E-state index contributed by atoms with van der Waals surface area (Å²) in [6.07, 6.45) is 2.19. The van der Waals surface area contributed by atoms with Gasteiger partial charge in [0.2, 0.25) is 0 Å². The summed E-state index contributed by atoms with van der Waals surface area (Å²) in [5.41, 5.74) is 5.77. The molecule has 0 aromatic rings. The Bertz CT molecular complexity index is 326. The van der Waals surface area contributed by atoms with Crippen LogP contribution in [-0.2, 0) is 10.2 Å². The van der Waals surface area contributed by atoms with Crippen LogP contribution in [0, 0.1) is 0 Å². The SMILES string of the molecule is CCCC(CN)N1CCN(S(=O)(=O)NCC)CC1. The van der Waals surface area contributed by atoms with Crippen molar-refractivity contribution in [1.29, 1.82) is 0 Å². The van der Waals surface area contributed by atoms with Crippen molar-refractivity contribution in [3.63, 3.8) is 0 Å². The zero-order valence-electron chi connectivity index (χ0n) is 11.4.